The molecule has 0 atom stereocenters. The molecule has 0 saturated heterocycles. The van der Waals surface area contributed by atoms with E-state index in [0.29, 0.717) is 17.4 Å². The first-order valence-electron chi connectivity index (χ1n) is 12.8. The lowest BCUT2D eigenvalue weighted by atomic mass is 9.89. The van der Waals surface area contributed by atoms with Crippen LogP contribution in [0.5, 0.6) is 5.75 Å². The Morgan fingerprint density at radius 3 is 2.64 bits per heavy atom. The van der Waals surface area contributed by atoms with Crippen LogP contribution in [0.1, 0.15) is 62.6 Å². The van der Waals surface area contributed by atoms with Gasteiger partial charge in [0.15, 0.2) is 11.4 Å². The molecule has 0 radical (unpaired) electrons. The highest BCUT2D eigenvalue weighted by atomic mass is 16.5. The Hall–Kier alpha value is -3.17. The standard InChI is InChI=1S/C27H36N6O3/c1-16(2)20-13-24-23(12-21(20)22-14-32-26(29-15-30-32)25(36-5)17(22)3)31-27(34)33(24)19-8-6-18(7-9-19)28-10-11-35-4/h12-16,18-19,28H,6-11H2,1-5H3,(H,31,34). The average molecular weight is 493 g/mol. The van der Waals surface area contributed by atoms with Crippen molar-refractivity contribution in [3.8, 4) is 16.9 Å². The number of rotatable bonds is 8. The molecule has 9 nitrogen and oxygen atoms in total. The van der Waals surface area contributed by atoms with Gasteiger partial charge in [-0.05, 0) is 61.8 Å². The third kappa shape index (κ3) is 4.30. The maximum Gasteiger partial charge on any atom is 0.326 e. The van der Waals surface area contributed by atoms with Crippen LogP contribution >= 0.6 is 0 Å². The summed E-state index contributed by atoms with van der Waals surface area (Å²) in [6.07, 6.45) is 7.61. The van der Waals surface area contributed by atoms with Gasteiger partial charge in [0, 0.05) is 43.1 Å². The van der Waals surface area contributed by atoms with E-state index in [2.05, 4.69) is 46.4 Å². The maximum absolute atomic E-state index is 13.2. The molecule has 1 aliphatic carbocycles. The molecule has 1 aliphatic rings. The predicted molar refractivity (Wildman–Crippen MR) is 141 cm³/mol. The van der Waals surface area contributed by atoms with E-state index in [4.69, 9.17) is 9.47 Å². The minimum Gasteiger partial charge on any atom is -0.492 e. The number of ether oxygens (including phenoxy) is 2. The van der Waals surface area contributed by atoms with Crippen LogP contribution < -0.4 is 15.7 Å². The molecule has 9 heteroatoms. The molecule has 0 unspecified atom stereocenters. The van der Waals surface area contributed by atoms with Crippen molar-refractivity contribution in [2.45, 2.75) is 64.5 Å². The second kappa shape index (κ2) is 10.1. The highest BCUT2D eigenvalue weighted by Gasteiger charge is 2.26. The van der Waals surface area contributed by atoms with Gasteiger partial charge in [0.2, 0.25) is 0 Å². The van der Waals surface area contributed by atoms with E-state index in [0.717, 1.165) is 66.6 Å². The van der Waals surface area contributed by atoms with Crippen LogP contribution in [0.25, 0.3) is 27.8 Å². The molecule has 1 aromatic carbocycles. The molecule has 0 aliphatic heterocycles. The molecule has 1 saturated carbocycles. The minimum atomic E-state index is -0.0336. The van der Waals surface area contributed by atoms with Gasteiger partial charge in [0.25, 0.3) is 0 Å². The van der Waals surface area contributed by atoms with Gasteiger partial charge in [0.05, 0.1) is 24.8 Å². The summed E-state index contributed by atoms with van der Waals surface area (Å²) in [5, 5.41) is 7.93. The zero-order chi connectivity index (χ0) is 25.4. The van der Waals surface area contributed by atoms with Crippen molar-refractivity contribution in [3.63, 3.8) is 0 Å². The van der Waals surface area contributed by atoms with Gasteiger partial charge in [0.1, 0.15) is 6.33 Å². The molecule has 0 amide bonds. The number of fused-ring (bicyclic) bond motifs is 2. The largest absolute Gasteiger partial charge is 0.492 e. The fourth-order valence-corrected chi connectivity index (χ4v) is 5.70. The zero-order valence-corrected chi connectivity index (χ0v) is 21.8. The number of hydrogen-bond acceptors (Lipinski definition) is 6. The Bertz CT molecular complexity index is 1430. The maximum atomic E-state index is 13.2. The SMILES string of the molecule is COCCNC1CCC(n2c(=O)[nH]c3cc(-c4cn5ncnc5c(OC)c4C)c(C(C)C)cc32)CC1. The number of methoxy groups -OCH3 is 2. The quantitative estimate of drug-likeness (QED) is 0.358. The zero-order valence-electron chi connectivity index (χ0n) is 21.8. The van der Waals surface area contributed by atoms with Crippen molar-refractivity contribution in [1.29, 1.82) is 0 Å². The van der Waals surface area contributed by atoms with Gasteiger partial charge in [-0.25, -0.2) is 14.3 Å². The number of aromatic nitrogens is 5. The smallest absolute Gasteiger partial charge is 0.326 e. The van der Waals surface area contributed by atoms with Gasteiger partial charge in [-0.15, -0.1) is 0 Å². The van der Waals surface area contributed by atoms with Crippen LogP contribution in [0.4, 0.5) is 0 Å². The lowest BCUT2D eigenvalue weighted by Gasteiger charge is -2.30. The van der Waals surface area contributed by atoms with E-state index in [1.54, 1.807) is 18.7 Å². The number of hydrogen-bond donors (Lipinski definition) is 2. The molecule has 4 aromatic rings. The van der Waals surface area contributed by atoms with Crippen molar-refractivity contribution in [2.75, 3.05) is 27.4 Å². The molecule has 0 spiro atoms. The van der Waals surface area contributed by atoms with E-state index in [9.17, 15) is 4.79 Å². The summed E-state index contributed by atoms with van der Waals surface area (Å²) in [6, 6.07) is 5.00. The van der Waals surface area contributed by atoms with Crippen LogP contribution in [0, 0.1) is 6.92 Å². The molecular formula is C27H36N6O3. The van der Waals surface area contributed by atoms with Crippen LogP contribution in [0.2, 0.25) is 0 Å². The minimum absolute atomic E-state index is 0.0336. The Balaban J connectivity index is 1.55. The average Bonchev–Trinajstić information content (AvgIpc) is 3.46. The summed E-state index contributed by atoms with van der Waals surface area (Å²) >= 11 is 0. The van der Waals surface area contributed by atoms with Gasteiger partial charge in [-0.1, -0.05) is 13.8 Å². The fourth-order valence-electron chi connectivity index (χ4n) is 5.70. The predicted octanol–water partition coefficient (Wildman–Crippen LogP) is 4.20. The van der Waals surface area contributed by atoms with Crippen molar-refractivity contribution in [3.05, 3.63) is 46.3 Å². The Morgan fingerprint density at radius 2 is 1.94 bits per heavy atom. The summed E-state index contributed by atoms with van der Waals surface area (Å²) < 4.78 is 14.6. The second-order valence-electron chi connectivity index (χ2n) is 10.1. The molecule has 5 rings (SSSR count). The van der Waals surface area contributed by atoms with Crippen molar-refractivity contribution in [2.24, 2.45) is 0 Å². The first-order chi connectivity index (χ1) is 17.4. The highest BCUT2D eigenvalue weighted by Crippen LogP contribution is 2.39. The van der Waals surface area contributed by atoms with Crippen LogP contribution in [0.3, 0.4) is 0 Å². The molecular weight excluding hydrogens is 456 g/mol. The summed E-state index contributed by atoms with van der Waals surface area (Å²) in [5.41, 5.74) is 6.78. The molecule has 2 N–H and O–H groups in total. The van der Waals surface area contributed by atoms with Crippen LogP contribution in [0.15, 0.2) is 29.5 Å². The van der Waals surface area contributed by atoms with Crippen LogP contribution in [-0.2, 0) is 4.74 Å². The lowest BCUT2D eigenvalue weighted by molar-refractivity contribution is 0.189. The van der Waals surface area contributed by atoms with Gasteiger partial charge in [-0.3, -0.25) is 4.57 Å². The number of H-pyrrole nitrogens is 1. The summed E-state index contributed by atoms with van der Waals surface area (Å²) in [6.45, 7) is 8.01. The molecule has 36 heavy (non-hydrogen) atoms. The van der Waals surface area contributed by atoms with E-state index in [-0.39, 0.29) is 17.6 Å². The van der Waals surface area contributed by atoms with E-state index < -0.39 is 0 Å². The number of aromatic amines is 1. The Morgan fingerprint density at radius 1 is 1.17 bits per heavy atom. The summed E-state index contributed by atoms with van der Waals surface area (Å²) in [7, 11) is 3.39. The van der Waals surface area contributed by atoms with E-state index >= 15 is 0 Å². The monoisotopic (exact) mass is 492 g/mol. The number of benzene rings is 1. The van der Waals surface area contributed by atoms with E-state index in [1.165, 1.54) is 11.9 Å². The fraction of sp³-hybridized carbons (Fsp3) is 0.519. The molecule has 1 fully saturated rings. The van der Waals surface area contributed by atoms with Crippen molar-refractivity contribution >= 4 is 16.7 Å². The van der Waals surface area contributed by atoms with Crippen molar-refractivity contribution < 1.29 is 9.47 Å². The topological polar surface area (TPSA) is 98.5 Å². The van der Waals surface area contributed by atoms with Crippen LogP contribution in [-0.4, -0.2) is 57.6 Å². The first-order valence-corrected chi connectivity index (χ1v) is 12.8. The number of nitrogens with one attached hydrogen (secondary N) is 2. The number of imidazole rings is 1. The molecule has 3 heterocycles. The Kier molecular flexibility index (Phi) is 6.85. The molecule has 192 valence electrons. The molecule has 3 aromatic heterocycles. The lowest BCUT2D eigenvalue weighted by Crippen LogP contribution is -2.37. The summed E-state index contributed by atoms with van der Waals surface area (Å²) in [5.74, 6) is 0.974. The second-order valence-corrected chi connectivity index (χ2v) is 10.1. The van der Waals surface area contributed by atoms with Crippen molar-refractivity contribution in [1.82, 2.24) is 29.5 Å². The normalized spacial score (nSPS) is 18.5. The third-order valence-corrected chi connectivity index (χ3v) is 7.58. The first kappa shape index (κ1) is 24.5. The third-order valence-electron chi connectivity index (χ3n) is 7.58. The van der Waals surface area contributed by atoms with Gasteiger partial charge >= 0.3 is 5.69 Å². The summed E-state index contributed by atoms with van der Waals surface area (Å²) in [4.78, 5) is 20.7. The molecule has 0 bridgehead atoms. The highest BCUT2D eigenvalue weighted by molar-refractivity contribution is 5.87. The van der Waals surface area contributed by atoms with Gasteiger partial charge < -0.3 is 19.8 Å². The number of pyridine rings is 1. The van der Waals surface area contributed by atoms with Gasteiger partial charge in [-0.2, -0.15) is 5.10 Å². The Labute approximate surface area is 210 Å². The van der Waals surface area contributed by atoms with E-state index in [1.807, 2.05) is 17.7 Å². The number of nitrogens with zero attached hydrogens (tertiary/aromatic N) is 4.